The van der Waals surface area contributed by atoms with E-state index in [1.54, 1.807) is 48.5 Å². The molecule has 0 fully saturated rings. The molecule has 0 spiro atoms. The molecule has 0 heterocycles. The molecule has 0 aliphatic heterocycles. The third-order valence-electron chi connectivity index (χ3n) is 3.68. The van der Waals surface area contributed by atoms with E-state index in [0.29, 0.717) is 33.8 Å². The first-order valence-electron chi connectivity index (χ1n) is 8.71. The van der Waals surface area contributed by atoms with Crippen molar-refractivity contribution in [1.82, 2.24) is 0 Å². The Morgan fingerprint density at radius 1 is 0.421 bits per heavy atom. The van der Waals surface area contributed by atoms with Crippen LogP contribution in [-0.4, -0.2) is 52.5 Å². The van der Waals surface area contributed by atoms with Crippen molar-refractivity contribution in [3.8, 4) is 0 Å². The summed E-state index contributed by atoms with van der Waals surface area (Å²) in [4.78, 5) is 0. The van der Waals surface area contributed by atoms with Crippen LogP contribution in [0.4, 0.5) is 17.1 Å². The minimum absolute atomic E-state index is 0. The molecule has 0 bridgehead atoms. The van der Waals surface area contributed by atoms with Gasteiger partial charge in [-0.3, -0.25) is 0 Å². The quantitative estimate of drug-likeness (QED) is 0.113. The first kappa shape index (κ1) is 59.5. The summed E-state index contributed by atoms with van der Waals surface area (Å²) in [5, 5.41) is 51.7. The summed E-state index contributed by atoms with van der Waals surface area (Å²) in [6, 6.07) is 18.8. The van der Waals surface area contributed by atoms with Gasteiger partial charge in [0, 0.05) is 191 Å². The van der Waals surface area contributed by atoms with Gasteiger partial charge in [0.15, 0.2) is 18.9 Å². The Morgan fingerprint density at radius 3 is 0.789 bits per heavy atom. The summed E-state index contributed by atoms with van der Waals surface area (Å²) < 4.78 is 0. The predicted octanol–water partition coefficient (Wildman–Crippen LogP) is -1.44. The molecule has 0 saturated heterocycles. The molecule has 13 nitrogen and oxygen atoms in total. The summed E-state index contributed by atoms with van der Waals surface area (Å²) in [6.45, 7) is 0. The van der Waals surface area contributed by atoms with E-state index < -0.39 is 18.9 Å². The fraction of sp³-hybridized carbons (Fsp3) is 0.143. The van der Waals surface area contributed by atoms with Gasteiger partial charge in [-0.05, 0) is 24.3 Å². The first-order chi connectivity index (χ1) is 14.1. The largest absolute Gasteiger partial charge is 0.699 e. The van der Waals surface area contributed by atoms with Crippen LogP contribution >= 0.6 is 0 Å². The molecule has 19 N–H and O–H groups in total. The fourth-order valence-corrected chi connectivity index (χ4v) is 1.99. The Labute approximate surface area is 351 Å². The second kappa shape index (κ2) is 33.6. The van der Waals surface area contributed by atoms with Gasteiger partial charge in [0.2, 0.25) is 0 Å². The second-order valence-electron chi connectivity index (χ2n) is 6.08. The van der Waals surface area contributed by atoms with Crippen molar-refractivity contribution in [2.24, 2.45) is 0 Å². The van der Waals surface area contributed by atoms with E-state index in [-0.39, 0.29) is 185 Å². The molecule has 38 heavy (non-hydrogen) atoms. The molecular weight excluding hydrogens is 1030 g/mol. The van der Waals surface area contributed by atoms with E-state index in [1.165, 1.54) is 24.3 Å². The molecule has 3 aromatic carbocycles. The summed E-state index contributed by atoms with van der Waals surface area (Å²) in [6.07, 6.45) is -4.23. The van der Waals surface area contributed by atoms with Crippen molar-refractivity contribution in [1.29, 1.82) is 0 Å². The second-order valence-corrected chi connectivity index (χ2v) is 6.08. The molecule has 0 saturated carbocycles. The Bertz CT molecular complexity index is 760. The van der Waals surface area contributed by atoms with Gasteiger partial charge >= 0.3 is 0 Å². The standard InChI is InChI=1S/2C7H9NO2.C7H8NO2.4Nd.4H2O/c3*8-6-3-1-5(2-4-6)7(9)10;;;;;;;;/h2*1-4,7,9-10H,8H2;1-4,7-10H;;;;;4*1H2/q;;-1;;;;;;;;. The summed E-state index contributed by atoms with van der Waals surface area (Å²) in [7, 11) is 0. The molecule has 210 valence electrons. The van der Waals surface area contributed by atoms with Gasteiger partial charge in [-0.25, -0.2) is 0 Å². The van der Waals surface area contributed by atoms with Crippen LogP contribution < -0.4 is 11.5 Å². The van der Waals surface area contributed by atoms with Crippen LogP contribution in [-0.2, 0) is 0 Å². The Morgan fingerprint density at radius 2 is 0.605 bits per heavy atom. The van der Waals surface area contributed by atoms with Crippen molar-refractivity contribution in [2.75, 3.05) is 11.5 Å². The zero-order valence-electron chi connectivity index (χ0n) is 20.0. The van der Waals surface area contributed by atoms with Crippen LogP contribution in [0.25, 0.3) is 5.73 Å². The zero-order chi connectivity index (χ0) is 22.7. The van der Waals surface area contributed by atoms with E-state index in [9.17, 15) is 0 Å². The fourth-order valence-electron chi connectivity index (χ4n) is 1.99. The van der Waals surface area contributed by atoms with Crippen LogP contribution in [0.2, 0.25) is 0 Å². The number of nitrogens with two attached hydrogens (primary N) is 2. The van der Waals surface area contributed by atoms with E-state index in [4.69, 9.17) is 47.8 Å². The van der Waals surface area contributed by atoms with Gasteiger partial charge < -0.3 is 69.7 Å². The zero-order valence-corrected chi connectivity index (χ0v) is 32.8. The van der Waals surface area contributed by atoms with Crippen molar-refractivity contribution < 1.29 is 216 Å². The number of aliphatic hydroxyl groups excluding tert-OH is 3. The monoisotopic (exact) mass is 1060 g/mol. The smallest absolute Gasteiger partial charge is 0.178 e. The van der Waals surface area contributed by atoms with Crippen LogP contribution in [0, 0.1) is 163 Å². The van der Waals surface area contributed by atoms with Crippen LogP contribution in [0.15, 0.2) is 72.8 Å². The number of hydrogen-bond acceptors (Lipinski definition) is 8. The van der Waals surface area contributed by atoms with Crippen molar-refractivity contribution in [3.63, 3.8) is 0 Å². The van der Waals surface area contributed by atoms with Crippen molar-refractivity contribution in [3.05, 3.63) is 95.2 Å². The molecule has 0 amide bonds. The molecular formula is C21H34N3Nd4O10-. The third-order valence-corrected chi connectivity index (χ3v) is 3.68. The molecule has 17 heteroatoms. The molecule has 0 aliphatic rings. The average Bonchev–Trinajstić information content (AvgIpc) is 2.70. The maximum Gasteiger partial charge on any atom is 0.178 e. The van der Waals surface area contributed by atoms with Gasteiger partial charge in [0.05, 0.1) is 0 Å². The van der Waals surface area contributed by atoms with Crippen molar-refractivity contribution in [2.45, 2.75) is 18.9 Å². The summed E-state index contributed by atoms with van der Waals surface area (Å²) >= 11 is 0. The number of anilines is 2. The maximum absolute atomic E-state index is 8.63. The van der Waals surface area contributed by atoms with Gasteiger partial charge in [0.25, 0.3) is 0 Å². The SMILES string of the molecule is Nc1ccc(C(O)O)cc1.Nc1ccc(C(O)O)cc1.O.O.O.O.[NH-]c1ccc(C(O)O)cc1.[Nd].[Nd].[Nd].[Nd]. The molecule has 0 aromatic heterocycles. The van der Waals surface area contributed by atoms with Crippen LogP contribution in [0.3, 0.4) is 0 Å². The average molecular weight is 1070 g/mol. The van der Waals surface area contributed by atoms with Crippen LogP contribution in [0.1, 0.15) is 35.6 Å². The third kappa shape index (κ3) is 26.9. The van der Waals surface area contributed by atoms with Gasteiger partial charge in [-0.2, -0.15) is 0 Å². The van der Waals surface area contributed by atoms with E-state index in [0.717, 1.165) is 0 Å². The molecule has 0 unspecified atom stereocenters. The normalized spacial score (nSPS) is 8.13. The molecule has 0 atom stereocenters. The number of hydrogen-bond donors (Lipinski definition) is 8. The minimum Gasteiger partial charge on any atom is -0.699 e. The number of nitrogens with one attached hydrogen (secondary N) is 1. The van der Waals surface area contributed by atoms with E-state index in [1.807, 2.05) is 0 Å². The predicted molar refractivity (Wildman–Crippen MR) is 128 cm³/mol. The first-order valence-corrected chi connectivity index (χ1v) is 8.71. The number of aliphatic hydroxyl groups is 6. The summed E-state index contributed by atoms with van der Waals surface area (Å²) in [5.41, 5.74) is 20.7. The Hall–Kier alpha value is 2.06. The van der Waals surface area contributed by atoms with Gasteiger partial charge in [0.1, 0.15) is 0 Å². The Kier molecular flexibility index (Phi) is 52.5. The molecule has 3 rings (SSSR count). The number of rotatable bonds is 3. The minimum atomic E-state index is -1.43. The van der Waals surface area contributed by atoms with Gasteiger partial charge in [-0.1, -0.05) is 48.5 Å². The van der Waals surface area contributed by atoms with E-state index >= 15 is 0 Å². The molecule has 3 aromatic rings. The van der Waals surface area contributed by atoms with Gasteiger partial charge in [-0.15, -0.1) is 5.69 Å². The van der Waals surface area contributed by atoms with Crippen LogP contribution in [0.5, 0.6) is 0 Å². The summed E-state index contributed by atoms with van der Waals surface area (Å²) in [5.74, 6) is 0. The number of benzene rings is 3. The molecule has 0 radical (unpaired) electrons. The molecule has 0 aliphatic carbocycles. The van der Waals surface area contributed by atoms with Crippen molar-refractivity contribution >= 4 is 17.1 Å². The Balaban J connectivity index is -0.0000000536. The topological polar surface area (TPSA) is 323 Å². The maximum atomic E-state index is 8.63. The number of nitrogen functional groups attached to an aromatic ring is 2. The van der Waals surface area contributed by atoms with E-state index in [2.05, 4.69) is 0 Å².